The van der Waals surface area contributed by atoms with Gasteiger partial charge in [-0.15, -0.1) is 0 Å². The maximum atomic E-state index is 4.41. The van der Waals surface area contributed by atoms with Crippen molar-refractivity contribution in [2.45, 2.75) is 33.0 Å². The molecule has 0 saturated carbocycles. The Morgan fingerprint density at radius 3 is 2.70 bits per heavy atom. The lowest BCUT2D eigenvalue weighted by Crippen LogP contribution is -2.20. The van der Waals surface area contributed by atoms with Crippen LogP contribution in [0.2, 0.25) is 0 Å². The van der Waals surface area contributed by atoms with Crippen LogP contribution in [0.5, 0.6) is 0 Å². The summed E-state index contributed by atoms with van der Waals surface area (Å²) in [4.78, 5) is 0. The molecule has 5 nitrogen and oxygen atoms in total. The summed E-state index contributed by atoms with van der Waals surface area (Å²) in [7, 11) is 1.99. The average Bonchev–Trinajstić information content (AvgIpc) is 3.14. The molecule has 23 heavy (non-hydrogen) atoms. The van der Waals surface area contributed by atoms with Gasteiger partial charge in [-0.3, -0.25) is 9.36 Å². The third-order valence-electron chi connectivity index (χ3n) is 3.99. The van der Waals surface area contributed by atoms with Gasteiger partial charge < -0.3 is 5.32 Å². The van der Waals surface area contributed by atoms with Crippen LogP contribution in [0.1, 0.15) is 35.5 Å². The molecule has 0 radical (unpaired) electrons. The molecule has 0 aliphatic rings. The van der Waals surface area contributed by atoms with Crippen molar-refractivity contribution in [2.24, 2.45) is 7.05 Å². The summed E-state index contributed by atoms with van der Waals surface area (Å²) in [5.74, 6) is 0. The van der Waals surface area contributed by atoms with Gasteiger partial charge >= 0.3 is 0 Å². The Bertz CT molecular complexity index is 758. The molecule has 0 aliphatic carbocycles. The molecule has 1 N–H and O–H groups in total. The summed E-state index contributed by atoms with van der Waals surface area (Å²) < 4.78 is 3.88. The van der Waals surface area contributed by atoms with Crippen LogP contribution >= 0.6 is 0 Å². The van der Waals surface area contributed by atoms with Gasteiger partial charge in [-0.1, -0.05) is 24.3 Å². The maximum Gasteiger partial charge on any atom is 0.0659 e. The lowest BCUT2D eigenvalue weighted by atomic mass is 10.1. The fraction of sp³-hybridized carbons (Fsp3) is 0.333. The Morgan fingerprint density at radius 1 is 1.17 bits per heavy atom. The van der Waals surface area contributed by atoms with Gasteiger partial charge in [0.25, 0.3) is 0 Å². The van der Waals surface area contributed by atoms with E-state index >= 15 is 0 Å². The molecule has 1 atom stereocenters. The first kappa shape index (κ1) is 15.5. The fourth-order valence-electron chi connectivity index (χ4n) is 2.83. The first-order chi connectivity index (χ1) is 11.1. The smallest absolute Gasteiger partial charge is 0.0659 e. The molecular weight excluding hydrogens is 286 g/mol. The molecule has 0 aliphatic heterocycles. The number of nitrogens with zero attached hydrogens (tertiary/aromatic N) is 4. The number of hydrogen-bond donors (Lipinski definition) is 1. The Hall–Kier alpha value is -2.40. The molecule has 0 bridgehead atoms. The zero-order valence-corrected chi connectivity index (χ0v) is 13.9. The lowest BCUT2D eigenvalue weighted by Gasteiger charge is -2.14. The molecule has 2 heterocycles. The number of aromatic nitrogens is 4. The SMILES string of the molecule is Cc1cc(C(C)NCc2cccc(Cn3cccn3)c2)n(C)n1. The highest BCUT2D eigenvalue weighted by Crippen LogP contribution is 2.14. The van der Waals surface area contributed by atoms with Gasteiger partial charge in [0, 0.05) is 32.0 Å². The van der Waals surface area contributed by atoms with E-state index in [-0.39, 0.29) is 6.04 Å². The van der Waals surface area contributed by atoms with Gasteiger partial charge in [0.05, 0.1) is 17.9 Å². The van der Waals surface area contributed by atoms with E-state index in [0.29, 0.717) is 0 Å². The summed E-state index contributed by atoms with van der Waals surface area (Å²) in [5, 5.41) is 12.2. The van der Waals surface area contributed by atoms with Crippen LogP contribution in [-0.2, 0) is 20.1 Å². The third-order valence-corrected chi connectivity index (χ3v) is 3.99. The standard InChI is InChI=1S/C18H23N5/c1-14-10-18(22(3)21-14)15(2)19-12-16-6-4-7-17(11-16)13-23-9-5-8-20-23/h4-11,15,19H,12-13H2,1-3H3. The molecule has 0 saturated heterocycles. The quantitative estimate of drug-likeness (QED) is 0.761. The van der Waals surface area contributed by atoms with E-state index in [1.54, 1.807) is 0 Å². The summed E-state index contributed by atoms with van der Waals surface area (Å²) in [5.41, 5.74) is 4.80. The van der Waals surface area contributed by atoms with Crippen molar-refractivity contribution in [1.82, 2.24) is 24.9 Å². The molecule has 3 rings (SSSR count). The van der Waals surface area contributed by atoms with E-state index in [1.165, 1.54) is 16.8 Å². The summed E-state index contributed by atoms with van der Waals surface area (Å²) >= 11 is 0. The highest BCUT2D eigenvalue weighted by atomic mass is 15.3. The van der Waals surface area contributed by atoms with E-state index in [0.717, 1.165) is 18.8 Å². The monoisotopic (exact) mass is 309 g/mol. The van der Waals surface area contributed by atoms with E-state index in [9.17, 15) is 0 Å². The Kier molecular flexibility index (Phi) is 4.57. The topological polar surface area (TPSA) is 47.7 Å². The summed E-state index contributed by atoms with van der Waals surface area (Å²) in [6.07, 6.45) is 3.79. The van der Waals surface area contributed by atoms with Crippen molar-refractivity contribution >= 4 is 0 Å². The first-order valence-corrected chi connectivity index (χ1v) is 7.91. The van der Waals surface area contributed by atoms with E-state index in [1.807, 2.05) is 41.8 Å². The van der Waals surface area contributed by atoms with Crippen LogP contribution in [0.4, 0.5) is 0 Å². The summed E-state index contributed by atoms with van der Waals surface area (Å²) in [6, 6.07) is 13.0. The second-order valence-corrected chi connectivity index (χ2v) is 5.96. The van der Waals surface area contributed by atoms with Gasteiger partial charge in [-0.25, -0.2) is 0 Å². The zero-order chi connectivity index (χ0) is 16.2. The number of rotatable bonds is 6. The fourth-order valence-corrected chi connectivity index (χ4v) is 2.83. The Balaban J connectivity index is 1.63. The van der Waals surface area contributed by atoms with Crippen molar-refractivity contribution in [3.63, 3.8) is 0 Å². The Morgan fingerprint density at radius 2 is 2.00 bits per heavy atom. The molecule has 1 aromatic carbocycles. The van der Waals surface area contributed by atoms with Crippen molar-refractivity contribution in [3.8, 4) is 0 Å². The predicted octanol–water partition coefficient (Wildman–Crippen LogP) is 2.82. The highest BCUT2D eigenvalue weighted by molar-refractivity contribution is 5.24. The molecule has 3 aromatic rings. The average molecular weight is 309 g/mol. The third kappa shape index (κ3) is 3.87. The number of nitrogens with one attached hydrogen (secondary N) is 1. The molecule has 0 amide bonds. The van der Waals surface area contributed by atoms with Crippen molar-refractivity contribution in [1.29, 1.82) is 0 Å². The van der Waals surface area contributed by atoms with E-state index in [4.69, 9.17) is 0 Å². The van der Waals surface area contributed by atoms with Gasteiger partial charge in [-0.2, -0.15) is 10.2 Å². The molecule has 0 fully saturated rings. The van der Waals surface area contributed by atoms with Gasteiger partial charge in [0.2, 0.25) is 0 Å². The second kappa shape index (κ2) is 6.79. The number of hydrogen-bond acceptors (Lipinski definition) is 3. The molecule has 1 unspecified atom stereocenters. The molecular formula is C18H23N5. The van der Waals surface area contributed by atoms with E-state index in [2.05, 4.69) is 52.8 Å². The van der Waals surface area contributed by atoms with Gasteiger partial charge in [0.1, 0.15) is 0 Å². The lowest BCUT2D eigenvalue weighted by molar-refractivity contribution is 0.529. The van der Waals surface area contributed by atoms with Crippen molar-refractivity contribution < 1.29 is 0 Å². The minimum Gasteiger partial charge on any atom is -0.305 e. The molecule has 2 aromatic heterocycles. The maximum absolute atomic E-state index is 4.41. The van der Waals surface area contributed by atoms with Crippen molar-refractivity contribution in [3.05, 3.63) is 71.3 Å². The van der Waals surface area contributed by atoms with Crippen molar-refractivity contribution in [2.75, 3.05) is 0 Å². The van der Waals surface area contributed by atoms with Gasteiger partial charge in [0.15, 0.2) is 0 Å². The van der Waals surface area contributed by atoms with Crippen LogP contribution < -0.4 is 5.32 Å². The zero-order valence-electron chi connectivity index (χ0n) is 13.9. The van der Waals surface area contributed by atoms with Crippen LogP contribution in [0, 0.1) is 6.92 Å². The van der Waals surface area contributed by atoms with Crippen LogP contribution in [0.15, 0.2) is 48.8 Å². The van der Waals surface area contributed by atoms with Crippen LogP contribution in [-0.4, -0.2) is 19.6 Å². The molecule has 5 heteroatoms. The Labute approximate surface area is 136 Å². The first-order valence-electron chi connectivity index (χ1n) is 7.91. The second-order valence-electron chi connectivity index (χ2n) is 5.96. The predicted molar refractivity (Wildman–Crippen MR) is 91.0 cm³/mol. The minimum absolute atomic E-state index is 0.260. The normalized spacial score (nSPS) is 12.5. The van der Waals surface area contributed by atoms with Gasteiger partial charge in [-0.05, 0) is 37.1 Å². The minimum atomic E-state index is 0.260. The van der Waals surface area contributed by atoms with Crippen LogP contribution in [0.3, 0.4) is 0 Å². The molecule has 120 valence electrons. The summed E-state index contributed by atoms with van der Waals surface area (Å²) in [6.45, 7) is 5.83. The van der Waals surface area contributed by atoms with E-state index < -0.39 is 0 Å². The largest absolute Gasteiger partial charge is 0.305 e. The van der Waals surface area contributed by atoms with Crippen LogP contribution in [0.25, 0.3) is 0 Å². The number of aryl methyl sites for hydroxylation is 2. The highest BCUT2D eigenvalue weighted by Gasteiger charge is 2.10. The number of benzene rings is 1. The molecule has 0 spiro atoms.